The summed E-state index contributed by atoms with van der Waals surface area (Å²) < 4.78 is 82.3. The second-order valence-electron chi connectivity index (χ2n) is 19.7. The fourth-order valence-electron chi connectivity index (χ4n) is 7.48. The molecule has 2 aliphatic rings. The first-order valence-electron chi connectivity index (χ1n) is 28.1. The first-order chi connectivity index (χ1) is 40.4. The van der Waals surface area contributed by atoms with Crippen molar-refractivity contribution in [1.82, 2.24) is 16.0 Å². The predicted molar refractivity (Wildman–Crippen MR) is 284 cm³/mol. The van der Waals surface area contributed by atoms with Crippen LogP contribution in [0.3, 0.4) is 0 Å². The zero-order valence-electron chi connectivity index (χ0n) is 48.2. The van der Waals surface area contributed by atoms with Gasteiger partial charge in [0.25, 0.3) is 0 Å². The van der Waals surface area contributed by atoms with Gasteiger partial charge in [-0.15, -0.1) is 0 Å². The standard InChI is InChI=1S/C51H97N3O30/c1-34(59)36(28-56)82-48(35(60)27-55)79-24-21-73-18-15-70-12-6-52-39(61)3-9-76-31-51(2,32-77-10-4-40(62)53-7-13-71-16-19-74-22-25-80-49-46(68)44(66)42(64)37(29-57)83-49)33-78-11-5-41(63)54-8-14-72-17-20-75-23-26-81-50-47(69)45(67)43(65)38(30-58)84-50/h34-38,42-50,55-60,64-69H,3-33H2,1-2H3,(H,52,61)(H,53,62)(H,54,63)/t34-,35+,36?,37?,38?,42?,43?,44?,45?,46?,47?,48?,49?,50?,51?/m0/s1. The van der Waals surface area contributed by atoms with Crippen LogP contribution in [0.15, 0.2) is 0 Å². The van der Waals surface area contributed by atoms with E-state index in [-0.39, 0.29) is 195 Å². The summed E-state index contributed by atoms with van der Waals surface area (Å²) in [6, 6.07) is 0. The quantitative estimate of drug-likeness (QED) is 0.0199. The molecule has 3 amide bonds. The van der Waals surface area contributed by atoms with Gasteiger partial charge in [-0.05, 0) is 6.92 Å². The maximum atomic E-state index is 12.5. The summed E-state index contributed by atoms with van der Waals surface area (Å²) in [4.78, 5) is 37.5. The van der Waals surface area contributed by atoms with E-state index >= 15 is 0 Å². The molecule has 2 fully saturated rings. The minimum absolute atomic E-state index is 0.0114. The minimum Gasteiger partial charge on any atom is -0.394 e. The number of carbonyl (C=O) groups excluding carboxylic acids is 3. The second-order valence-corrected chi connectivity index (χ2v) is 19.7. The summed E-state index contributed by atoms with van der Waals surface area (Å²) in [5.74, 6) is -0.850. The van der Waals surface area contributed by atoms with E-state index < -0.39 is 118 Å². The maximum Gasteiger partial charge on any atom is 0.222 e. The summed E-state index contributed by atoms with van der Waals surface area (Å²) in [6.45, 7) is 4.08. The number of hydrogen-bond donors (Lipinski definition) is 15. The van der Waals surface area contributed by atoms with Gasteiger partial charge in [0.15, 0.2) is 18.9 Å². The van der Waals surface area contributed by atoms with Crippen LogP contribution < -0.4 is 16.0 Å². The molecule has 84 heavy (non-hydrogen) atoms. The first-order valence-corrected chi connectivity index (χ1v) is 28.1. The molecule has 15 N–H and O–H groups in total. The molecule has 2 heterocycles. The minimum atomic E-state index is -1.55. The van der Waals surface area contributed by atoms with Gasteiger partial charge in [-0.2, -0.15) is 0 Å². The van der Waals surface area contributed by atoms with Crippen molar-refractivity contribution in [2.45, 2.75) is 119 Å². The molecule has 33 heteroatoms. The van der Waals surface area contributed by atoms with E-state index in [4.69, 9.17) is 71.1 Å². The molecule has 0 aromatic rings. The molecular formula is C51H97N3O30. The lowest BCUT2D eigenvalue weighted by Gasteiger charge is -2.39. The zero-order chi connectivity index (χ0) is 62.0. The van der Waals surface area contributed by atoms with Crippen molar-refractivity contribution in [3.05, 3.63) is 0 Å². The van der Waals surface area contributed by atoms with Gasteiger partial charge in [-0.1, -0.05) is 6.92 Å². The predicted octanol–water partition coefficient (Wildman–Crippen LogP) is -8.25. The van der Waals surface area contributed by atoms with Gasteiger partial charge in [0.1, 0.15) is 61.0 Å². The molecule has 0 bridgehead atoms. The van der Waals surface area contributed by atoms with Crippen LogP contribution in [0.2, 0.25) is 0 Å². The van der Waals surface area contributed by atoms with Crippen molar-refractivity contribution in [3.63, 3.8) is 0 Å². The van der Waals surface area contributed by atoms with Gasteiger partial charge in [0.05, 0.1) is 171 Å². The number of aliphatic hydroxyl groups is 12. The van der Waals surface area contributed by atoms with Gasteiger partial charge >= 0.3 is 0 Å². The molecule has 2 rings (SSSR count). The largest absolute Gasteiger partial charge is 0.394 e. The average molecular weight is 1230 g/mol. The lowest BCUT2D eigenvalue weighted by molar-refractivity contribution is -0.302. The van der Waals surface area contributed by atoms with Crippen LogP contribution in [-0.4, -0.2) is 350 Å². The van der Waals surface area contributed by atoms with Crippen molar-refractivity contribution in [2.24, 2.45) is 5.41 Å². The number of hydrogen-bond acceptors (Lipinski definition) is 30. The number of carbonyl (C=O) groups is 3. The third kappa shape index (κ3) is 33.6. The first kappa shape index (κ1) is 77.4. The highest BCUT2D eigenvalue weighted by atomic mass is 16.7. The topological polar surface area (TPSA) is 469 Å². The number of ether oxygens (including phenoxy) is 15. The van der Waals surface area contributed by atoms with Crippen molar-refractivity contribution in [1.29, 1.82) is 0 Å². The zero-order valence-corrected chi connectivity index (χ0v) is 48.2. The third-order valence-electron chi connectivity index (χ3n) is 12.3. The lowest BCUT2D eigenvalue weighted by atomic mass is 9.94. The van der Waals surface area contributed by atoms with E-state index in [0.717, 1.165) is 0 Å². The van der Waals surface area contributed by atoms with Crippen LogP contribution in [-0.2, 0) is 85.4 Å². The van der Waals surface area contributed by atoms with E-state index in [9.17, 15) is 75.7 Å². The summed E-state index contributed by atoms with van der Waals surface area (Å²) in [5.41, 5.74) is -0.757. The molecule has 2 aliphatic heterocycles. The molecule has 14 atom stereocenters. The lowest BCUT2D eigenvalue weighted by Crippen LogP contribution is -2.59. The molecule has 0 saturated carbocycles. The number of nitrogens with one attached hydrogen (secondary N) is 3. The average Bonchev–Trinajstić information content (AvgIpc) is 3.46. The number of amides is 3. The Labute approximate surface area is 488 Å². The van der Waals surface area contributed by atoms with Crippen LogP contribution in [0.4, 0.5) is 0 Å². The second kappa shape index (κ2) is 47.3. The van der Waals surface area contributed by atoms with E-state index in [2.05, 4.69) is 16.0 Å². The van der Waals surface area contributed by atoms with Gasteiger partial charge in [-0.3, -0.25) is 14.4 Å². The van der Waals surface area contributed by atoms with Crippen molar-refractivity contribution in [2.75, 3.05) is 185 Å². The van der Waals surface area contributed by atoms with E-state index in [1.807, 2.05) is 6.92 Å². The molecule has 0 spiro atoms. The van der Waals surface area contributed by atoms with Gasteiger partial charge in [-0.25, -0.2) is 0 Å². The van der Waals surface area contributed by atoms with Crippen molar-refractivity contribution >= 4 is 17.7 Å². The summed E-state index contributed by atoms with van der Waals surface area (Å²) in [7, 11) is 0. The Morgan fingerprint density at radius 1 is 0.452 bits per heavy atom. The highest BCUT2D eigenvalue weighted by molar-refractivity contribution is 5.76. The van der Waals surface area contributed by atoms with Crippen LogP contribution >= 0.6 is 0 Å². The summed E-state index contributed by atoms with van der Waals surface area (Å²) in [5, 5.41) is 125. The smallest absolute Gasteiger partial charge is 0.222 e. The van der Waals surface area contributed by atoms with Crippen LogP contribution in [0.5, 0.6) is 0 Å². The van der Waals surface area contributed by atoms with E-state index in [1.54, 1.807) is 0 Å². The molecule has 0 aromatic carbocycles. The molecule has 33 nitrogen and oxygen atoms in total. The number of rotatable bonds is 53. The van der Waals surface area contributed by atoms with Crippen molar-refractivity contribution < 1.29 is 147 Å². The Balaban J connectivity index is 1.65. The summed E-state index contributed by atoms with van der Waals surface area (Å²) >= 11 is 0. The Bertz CT molecular complexity index is 1570. The Kier molecular flexibility index (Phi) is 43.6. The number of aliphatic hydroxyl groups excluding tert-OH is 12. The molecule has 0 aromatic heterocycles. The molecular weight excluding hydrogens is 1130 g/mol. The summed E-state index contributed by atoms with van der Waals surface area (Å²) in [6.07, 6.45) is -18.5. The van der Waals surface area contributed by atoms with Crippen LogP contribution in [0, 0.1) is 5.41 Å². The fourth-order valence-corrected chi connectivity index (χ4v) is 7.48. The van der Waals surface area contributed by atoms with Crippen LogP contribution in [0.25, 0.3) is 0 Å². The highest BCUT2D eigenvalue weighted by Crippen LogP contribution is 2.24. The third-order valence-corrected chi connectivity index (χ3v) is 12.3. The van der Waals surface area contributed by atoms with E-state index in [1.165, 1.54) is 6.92 Å². The van der Waals surface area contributed by atoms with Crippen molar-refractivity contribution in [3.8, 4) is 0 Å². The Morgan fingerprint density at radius 3 is 1.13 bits per heavy atom. The Morgan fingerprint density at radius 2 is 0.798 bits per heavy atom. The molecule has 2 saturated heterocycles. The van der Waals surface area contributed by atoms with Crippen LogP contribution in [0.1, 0.15) is 33.1 Å². The SMILES string of the molecule is C[C@H](O)C(CO)OC(OCCOCCOCCNC(=O)CCOCC(C)(COCCC(=O)NCCOCCOCCOC1OC(CO)C(O)C(O)C1O)COCCC(=O)NCCOCCOCCOC1OC(CO)C(O)C(O)C1O)[C@H](O)CO. The van der Waals surface area contributed by atoms with Gasteiger partial charge in [0, 0.05) is 44.3 Å². The van der Waals surface area contributed by atoms with Gasteiger partial charge < -0.3 is 148 Å². The van der Waals surface area contributed by atoms with E-state index in [0.29, 0.717) is 0 Å². The fraction of sp³-hybridized carbons (Fsp3) is 0.941. The highest BCUT2D eigenvalue weighted by Gasteiger charge is 2.45. The maximum absolute atomic E-state index is 12.5. The normalized spacial score (nSPS) is 24.9. The Hall–Kier alpha value is -2.67. The van der Waals surface area contributed by atoms with Gasteiger partial charge in [0.2, 0.25) is 17.7 Å². The molecule has 12 unspecified atom stereocenters. The molecule has 496 valence electrons. The molecule has 0 radical (unpaired) electrons. The monoisotopic (exact) mass is 1230 g/mol. The molecule has 0 aliphatic carbocycles.